The maximum atomic E-state index is 13.0. The Hall–Kier alpha value is -2.70. The molecule has 0 fully saturated rings. The van der Waals surface area contributed by atoms with E-state index in [0.29, 0.717) is 11.3 Å². The van der Waals surface area contributed by atoms with Gasteiger partial charge in [0.2, 0.25) is 0 Å². The number of carbonyl (C=O) groups is 2. The van der Waals surface area contributed by atoms with Gasteiger partial charge < -0.3 is 10.0 Å². The lowest BCUT2D eigenvalue weighted by atomic mass is 10.2. The number of aliphatic carboxylic acids is 1. The Kier molecular flexibility index (Phi) is 5.33. The first kappa shape index (κ1) is 17.7. The normalized spacial score (nSPS) is 10.9. The summed E-state index contributed by atoms with van der Waals surface area (Å²) in [6.07, 6.45) is 1.57. The quantitative estimate of drug-likeness (QED) is 0.882. The van der Waals surface area contributed by atoms with Crippen LogP contribution in [0.25, 0.3) is 5.69 Å². The Morgan fingerprint density at radius 1 is 1.29 bits per heavy atom. The van der Waals surface area contributed by atoms with Crippen LogP contribution in [0, 0.1) is 12.7 Å². The van der Waals surface area contributed by atoms with Crippen LogP contribution in [0.2, 0.25) is 0 Å². The Morgan fingerprint density at radius 3 is 2.46 bits per heavy atom. The van der Waals surface area contributed by atoms with Crippen LogP contribution < -0.4 is 0 Å². The van der Waals surface area contributed by atoms with Gasteiger partial charge >= 0.3 is 5.97 Å². The number of carbonyl (C=O) groups excluding carboxylic acids is 1. The smallest absolute Gasteiger partial charge is 0.305 e. The van der Waals surface area contributed by atoms with E-state index in [0.717, 1.165) is 0 Å². The number of benzene rings is 1. The van der Waals surface area contributed by atoms with E-state index in [-0.39, 0.29) is 36.4 Å². The van der Waals surface area contributed by atoms with Crippen molar-refractivity contribution in [2.75, 3.05) is 6.54 Å². The number of carboxylic acid groups (broad SMARTS) is 1. The minimum Gasteiger partial charge on any atom is -0.481 e. The van der Waals surface area contributed by atoms with Gasteiger partial charge in [0.05, 0.1) is 12.1 Å². The van der Waals surface area contributed by atoms with Crippen molar-refractivity contribution in [3.05, 3.63) is 47.5 Å². The van der Waals surface area contributed by atoms with Crippen molar-refractivity contribution in [1.29, 1.82) is 0 Å². The summed E-state index contributed by atoms with van der Waals surface area (Å²) in [4.78, 5) is 25.0. The van der Waals surface area contributed by atoms with Gasteiger partial charge in [0.1, 0.15) is 5.82 Å². The summed E-state index contributed by atoms with van der Waals surface area (Å²) >= 11 is 0. The average Bonchev–Trinajstić information content (AvgIpc) is 2.89. The van der Waals surface area contributed by atoms with Crippen LogP contribution in [0.4, 0.5) is 4.39 Å². The van der Waals surface area contributed by atoms with Gasteiger partial charge in [-0.25, -0.2) is 9.07 Å². The van der Waals surface area contributed by atoms with Gasteiger partial charge in [0.25, 0.3) is 5.91 Å². The number of nitrogens with zero attached hydrogens (tertiary/aromatic N) is 3. The van der Waals surface area contributed by atoms with Crippen LogP contribution in [0.5, 0.6) is 0 Å². The predicted octanol–water partition coefficient (Wildman–Crippen LogP) is 2.65. The molecule has 1 aromatic carbocycles. The predicted molar refractivity (Wildman–Crippen MR) is 86.7 cm³/mol. The Morgan fingerprint density at radius 2 is 1.92 bits per heavy atom. The molecule has 0 radical (unpaired) electrons. The second-order valence-corrected chi connectivity index (χ2v) is 5.82. The minimum atomic E-state index is -0.956. The molecule has 1 amide bonds. The van der Waals surface area contributed by atoms with Gasteiger partial charge in [-0.1, -0.05) is 0 Å². The molecule has 7 heteroatoms. The molecule has 2 aromatic rings. The number of rotatable bonds is 6. The summed E-state index contributed by atoms with van der Waals surface area (Å²) in [5.41, 5.74) is 1.57. The van der Waals surface area contributed by atoms with Crippen molar-refractivity contribution in [1.82, 2.24) is 14.7 Å². The molecule has 0 aliphatic carbocycles. The summed E-state index contributed by atoms with van der Waals surface area (Å²) in [6, 6.07) is 5.64. The van der Waals surface area contributed by atoms with Crippen molar-refractivity contribution in [2.24, 2.45) is 0 Å². The molecule has 0 unspecified atom stereocenters. The highest BCUT2D eigenvalue weighted by Crippen LogP contribution is 2.16. The molecule has 0 bridgehead atoms. The highest BCUT2D eigenvalue weighted by Gasteiger charge is 2.24. The second-order valence-electron chi connectivity index (χ2n) is 5.82. The first-order valence-corrected chi connectivity index (χ1v) is 7.64. The zero-order chi connectivity index (χ0) is 17.9. The maximum Gasteiger partial charge on any atom is 0.305 e. The molecule has 1 aromatic heterocycles. The van der Waals surface area contributed by atoms with E-state index < -0.39 is 5.97 Å². The number of aromatic nitrogens is 2. The molecule has 128 valence electrons. The molecule has 1 N–H and O–H groups in total. The number of amides is 1. The van der Waals surface area contributed by atoms with Gasteiger partial charge in [0.15, 0.2) is 5.69 Å². The molecule has 6 nitrogen and oxygen atoms in total. The molecular formula is C17H20FN3O3. The van der Waals surface area contributed by atoms with Crippen molar-refractivity contribution < 1.29 is 19.1 Å². The van der Waals surface area contributed by atoms with Crippen LogP contribution >= 0.6 is 0 Å². The van der Waals surface area contributed by atoms with Crippen LogP contribution in [-0.2, 0) is 4.79 Å². The third kappa shape index (κ3) is 3.98. The Labute approximate surface area is 139 Å². The highest BCUT2D eigenvalue weighted by atomic mass is 19.1. The minimum absolute atomic E-state index is 0.120. The number of aryl methyl sites for hydroxylation is 1. The van der Waals surface area contributed by atoms with Crippen LogP contribution in [0.3, 0.4) is 0 Å². The van der Waals surface area contributed by atoms with Crippen molar-refractivity contribution in [3.8, 4) is 5.69 Å². The number of hydrogen-bond acceptors (Lipinski definition) is 3. The van der Waals surface area contributed by atoms with Crippen molar-refractivity contribution in [2.45, 2.75) is 33.2 Å². The lowest BCUT2D eigenvalue weighted by molar-refractivity contribution is -0.137. The summed E-state index contributed by atoms with van der Waals surface area (Å²) in [5, 5.41) is 13.1. The van der Waals surface area contributed by atoms with Gasteiger partial charge in [0, 0.05) is 24.3 Å². The zero-order valence-corrected chi connectivity index (χ0v) is 13.9. The molecule has 1 heterocycles. The van der Waals surface area contributed by atoms with Gasteiger partial charge in [-0.15, -0.1) is 0 Å². The molecule has 0 aliphatic rings. The monoisotopic (exact) mass is 333 g/mol. The molecule has 0 atom stereocenters. The molecule has 0 aliphatic heterocycles. The second kappa shape index (κ2) is 7.25. The Bertz CT molecular complexity index is 738. The van der Waals surface area contributed by atoms with Crippen LogP contribution in [0.1, 0.15) is 36.3 Å². The first-order chi connectivity index (χ1) is 11.3. The standard InChI is InChI=1S/C17H20FN3O3/c1-11(2)20(9-8-15(22)23)17(24)16-12(3)10-21(19-16)14-6-4-13(18)5-7-14/h4-7,10-11H,8-9H2,1-3H3,(H,22,23). The SMILES string of the molecule is Cc1cn(-c2ccc(F)cc2)nc1C(=O)N(CCC(=O)O)C(C)C. The van der Waals surface area contributed by atoms with E-state index in [1.165, 1.54) is 21.7 Å². The van der Waals surface area contributed by atoms with E-state index in [2.05, 4.69) is 5.10 Å². The van der Waals surface area contributed by atoms with Crippen molar-refractivity contribution >= 4 is 11.9 Å². The van der Waals surface area contributed by atoms with E-state index in [4.69, 9.17) is 5.11 Å². The lowest BCUT2D eigenvalue weighted by Crippen LogP contribution is -2.39. The molecule has 0 saturated carbocycles. The van der Waals surface area contributed by atoms with E-state index >= 15 is 0 Å². The topological polar surface area (TPSA) is 75.4 Å². The fourth-order valence-corrected chi connectivity index (χ4v) is 2.34. The van der Waals surface area contributed by atoms with E-state index in [9.17, 15) is 14.0 Å². The van der Waals surface area contributed by atoms with Crippen LogP contribution in [0.15, 0.2) is 30.5 Å². The lowest BCUT2D eigenvalue weighted by Gasteiger charge is -2.25. The van der Waals surface area contributed by atoms with Crippen LogP contribution in [-0.4, -0.2) is 44.3 Å². The summed E-state index contributed by atoms with van der Waals surface area (Å²) < 4.78 is 14.5. The zero-order valence-electron chi connectivity index (χ0n) is 13.9. The molecule has 2 rings (SSSR count). The fourth-order valence-electron chi connectivity index (χ4n) is 2.34. The van der Waals surface area contributed by atoms with Gasteiger partial charge in [-0.05, 0) is 45.0 Å². The van der Waals surface area contributed by atoms with E-state index in [1.54, 1.807) is 25.3 Å². The number of carboxylic acids is 1. The average molecular weight is 333 g/mol. The molecular weight excluding hydrogens is 313 g/mol. The van der Waals surface area contributed by atoms with Crippen molar-refractivity contribution in [3.63, 3.8) is 0 Å². The van der Waals surface area contributed by atoms with Gasteiger partial charge in [-0.3, -0.25) is 9.59 Å². The molecule has 0 spiro atoms. The first-order valence-electron chi connectivity index (χ1n) is 7.64. The summed E-state index contributed by atoms with van der Waals surface area (Å²) in [6.45, 7) is 5.53. The fraction of sp³-hybridized carbons (Fsp3) is 0.353. The summed E-state index contributed by atoms with van der Waals surface area (Å²) in [5.74, 6) is -1.62. The third-order valence-corrected chi connectivity index (χ3v) is 3.64. The molecule has 0 saturated heterocycles. The maximum absolute atomic E-state index is 13.0. The number of halogens is 1. The number of hydrogen-bond donors (Lipinski definition) is 1. The molecule has 24 heavy (non-hydrogen) atoms. The van der Waals surface area contributed by atoms with E-state index in [1.807, 2.05) is 13.8 Å². The third-order valence-electron chi connectivity index (χ3n) is 3.64. The highest BCUT2D eigenvalue weighted by molar-refractivity contribution is 5.94. The largest absolute Gasteiger partial charge is 0.481 e. The summed E-state index contributed by atoms with van der Waals surface area (Å²) in [7, 11) is 0. The van der Waals surface area contributed by atoms with Gasteiger partial charge in [-0.2, -0.15) is 5.10 Å². The Balaban J connectivity index is 2.28.